The van der Waals surface area contributed by atoms with Crippen molar-refractivity contribution in [1.82, 2.24) is 8.87 Å². The van der Waals surface area contributed by atoms with Crippen molar-refractivity contribution in [1.29, 1.82) is 0 Å². The van der Waals surface area contributed by atoms with Crippen LogP contribution < -0.4 is 0 Å². The molecule has 1 heterocycles. The Bertz CT molecular complexity index is 586. The maximum atomic E-state index is 12.5. The van der Waals surface area contributed by atoms with Crippen LogP contribution in [0.4, 0.5) is 0 Å². The molecular formula is C13H22N2O5S. The minimum atomic E-state index is -3.80. The summed E-state index contributed by atoms with van der Waals surface area (Å²) in [7, 11) is -3.80. The molecule has 0 bridgehead atoms. The molecular weight excluding hydrogens is 296 g/mol. The van der Waals surface area contributed by atoms with E-state index in [-0.39, 0.29) is 36.3 Å². The lowest BCUT2D eigenvalue weighted by molar-refractivity contribution is 0.0683. The Kier molecular flexibility index (Phi) is 5.94. The highest BCUT2D eigenvalue weighted by atomic mass is 32.2. The molecule has 0 amide bonds. The second kappa shape index (κ2) is 7.06. The summed E-state index contributed by atoms with van der Waals surface area (Å²) in [6.45, 7) is 5.38. The predicted octanol–water partition coefficient (Wildman–Crippen LogP) is 1.16. The van der Waals surface area contributed by atoms with Gasteiger partial charge in [-0.05, 0) is 26.3 Å². The number of hydrogen-bond acceptors (Lipinski definition) is 4. The van der Waals surface area contributed by atoms with Crippen molar-refractivity contribution >= 4 is 16.0 Å². The topological polar surface area (TPSA) is 99.8 Å². The zero-order chi connectivity index (χ0) is 16.2. The van der Waals surface area contributed by atoms with Crippen molar-refractivity contribution in [2.45, 2.75) is 38.1 Å². The molecule has 0 fully saturated rings. The average molecular weight is 318 g/mol. The van der Waals surface area contributed by atoms with Gasteiger partial charge in [-0.2, -0.15) is 4.31 Å². The van der Waals surface area contributed by atoms with Crippen molar-refractivity contribution in [3.05, 3.63) is 18.0 Å². The van der Waals surface area contributed by atoms with Gasteiger partial charge in [0.25, 0.3) is 0 Å². The summed E-state index contributed by atoms with van der Waals surface area (Å²) in [5.41, 5.74) is -0.0657. The summed E-state index contributed by atoms with van der Waals surface area (Å²) in [4.78, 5) is 11.2. The maximum Gasteiger partial charge on any atom is 0.352 e. The van der Waals surface area contributed by atoms with Crippen LogP contribution >= 0.6 is 0 Å². The van der Waals surface area contributed by atoms with Gasteiger partial charge in [0, 0.05) is 25.3 Å². The SMILES string of the molecule is CCCN(CCO)S(=O)(=O)c1cc(C(=O)O)n(C(C)C)c1. The van der Waals surface area contributed by atoms with Crippen LogP contribution in [0.3, 0.4) is 0 Å². The average Bonchev–Trinajstić information content (AvgIpc) is 2.84. The lowest BCUT2D eigenvalue weighted by Gasteiger charge is -2.19. The van der Waals surface area contributed by atoms with Crippen LogP contribution in [-0.4, -0.2) is 53.2 Å². The van der Waals surface area contributed by atoms with Crippen LogP contribution in [0, 0.1) is 0 Å². The van der Waals surface area contributed by atoms with E-state index in [1.165, 1.54) is 15.1 Å². The molecule has 1 aromatic rings. The van der Waals surface area contributed by atoms with E-state index in [2.05, 4.69) is 0 Å². The number of rotatable bonds is 8. The third kappa shape index (κ3) is 3.84. The normalized spacial score (nSPS) is 12.3. The van der Waals surface area contributed by atoms with Gasteiger partial charge in [0.2, 0.25) is 10.0 Å². The quantitative estimate of drug-likeness (QED) is 0.749. The molecule has 1 rings (SSSR count). The number of hydrogen-bond donors (Lipinski definition) is 2. The first-order valence-corrected chi connectivity index (χ1v) is 8.25. The van der Waals surface area contributed by atoms with E-state index in [1.54, 1.807) is 13.8 Å². The highest BCUT2D eigenvalue weighted by Gasteiger charge is 2.27. The van der Waals surface area contributed by atoms with E-state index in [0.29, 0.717) is 6.42 Å². The van der Waals surface area contributed by atoms with Gasteiger partial charge < -0.3 is 14.8 Å². The fraction of sp³-hybridized carbons (Fsp3) is 0.615. The molecule has 0 aromatic carbocycles. The summed E-state index contributed by atoms with van der Waals surface area (Å²) >= 11 is 0. The number of nitrogens with zero attached hydrogens (tertiary/aromatic N) is 2. The van der Waals surface area contributed by atoms with Gasteiger partial charge in [0.05, 0.1) is 6.61 Å². The second-order valence-corrected chi connectivity index (χ2v) is 6.93. The molecule has 0 saturated heterocycles. The van der Waals surface area contributed by atoms with Crippen LogP contribution in [-0.2, 0) is 10.0 Å². The van der Waals surface area contributed by atoms with Crippen molar-refractivity contribution in [3.63, 3.8) is 0 Å². The van der Waals surface area contributed by atoms with Crippen LogP contribution in [0.25, 0.3) is 0 Å². The Labute approximate surface area is 124 Å². The Hall–Kier alpha value is -1.38. The smallest absolute Gasteiger partial charge is 0.352 e. The third-order valence-electron chi connectivity index (χ3n) is 3.06. The molecule has 7 nitrogen and oxygen atoms in total. The number of aliphatic hydroxyl groups excluding tert-OH is 1. The minimum absolute atomic E-state index is 0.00850. The van der Waals surface area contributed by atoms with Gasteiger partial charge in [-0.1, -0.05) is 6.92 Å². The summed E-state index contributed by atoms with van der Waals surface area (Å²) in [6.07, 6.45) is 1.94. The Morgan fingerprint density at radius 1 is 1.38 bits per heavy atom. The van der Waals surface area contributed by atoms with E-state index < -0.39 is 16.0 Å². The first-order valence-electron chi connectivity index (χ1n) is 6.81. The molecule has 2 N–H and O–H groups in total. The van der Waals surface area contributed by atoms with Gasteiger partial charge in [0.15, 0.2) is 0 Å². The molecule has 0 aliphatic carbocycles. The number of carboxylic acid groups (broad SMARTS) is 1. The van der Waals surface area contributed by atoms with Gasteiger partial charge in [-0.25, -0.2) is 13.2 Å². The highest BCUT2D eigenvalue weighted by Crippen LogP contribution is 2.22. The largest absolute Gasteiger partial charge is 0.477 e. The van der Waals surface area contributed by atoms with Crippen molar-refractivity contribution in [3.8, 4) is 0 Å². The van der Waals surface area contributed by atoms with E-state index in [0.717, 1.165) is 6.07 Å². The molecule has 0 atom stereocenters. The fourth-order valence-corrected chi connectivity index (χ4v) is 3.61. The molecule has 0 aliphatic heterocycles. The molecule has 0 aliphatic rings. The number of aromatic nitrogens is 1. The number of carbonyl (C=O) groups is 1. The Morgan fingerprint density at radius 2 is 2.00 bits per heavy atom. The van der Waals surface area contributed by atoms with Crippen molar-refractivity contribution < 1.29 is 23.4 Å². The van der Waals surface area contributed by atoms with Gasteiger partial charge >= 0.3 is 5.97 Å². The molecule has 0 unspecified atom stereocenters. The van der Waals surface area contributed by atoms with E-state index in [4.69, 9.17) is 10.2 Å². The molecule has 1 aromatic heterocycles. The summed E-state index contributed by atoms with van der Waals surface area (Å²) in [6, 6.07) is 0.995. The van der Waals surface area contributed by atoms with E-state index in [1.807, 2.05) is 6.92 Å². The fourth-order valence-electron chi connectivity index (χ4n) is 2.06. The molecule has 0 spiro atoms. The molecule has 0 radical (unpaired) electrons. The van der Waals surface area contributed by atoms with Crippen LogP contribution in [0.1, 0.15) is 43.7 Å². The van der Waals surface area contributed by atoms with Crippen LogP contribution in [0.2, 0.25) is 0 Å². The number of carboxylic acids is 1. The standard InChI is InChI=1S/C13H22N2O5S/c1-4-5-14(6-7-16)21(19,20)11-8-12(13(17)18)15(9-11)10(2)3/h8-10,16H,4-7H2,1-3H3,(H,17,18). The number of aromatic carboxylic acids is 1. The van der Waals surface area contributed by atoms with E-state index in [9.17, 15) is 13.2 Å². The molecule has 0 saturated carbocycles. The van der Waals surface area contributed by atoms with Gasteiger partial charge in [0.1, 0.15) is 10.6 Å². The monoisotopic (exact) mass is 318 g/mol. The van der Waals surface area contributed by atoms with Crippen LogP contribution in [0.5, 0.6) is 0 Å². The van der Waals surface area contributed by atoms with E-state index >= 15 is 0 Å². The summed E-state index contributed by atoms with van der Waals surface area (Å²) in [5.74, 6) is -1.17. The van der Waals surface area contributed by atoms with Gasteiger partial charge in [-0.15, -0.1) is 0 Å². The molecule has 21 heavy (non-hydrogen) atoms. The molecule has 8 heteroatoms. The first-order chi connectivity index (χ1) is 9.75. The number of sulfonamides is 1. The van der Waals surface area contributed by atoms with Crippen molar-refractivity contribution in [2.24, 2.45) is 0 Å². The van der Waals surface area contributed by atoms with Crippen LogP contribution in [0.15, 0.2) is 17.2 Å². The molecule has 120 valence electrons. The summed E-state index contributed by atoms with van der Waals surface area (Å²) < 4.78 is 27.6. The summed E-state index contributed by atoms with van der Waals surface area (Å²) in [5, 5.41) is 18.2. The zero-order valence-corrected chi connectivity index (χ0v) is 13.3. The van der Waals surface area contributed by atoms with Gasteiger partial charge in [-0.3, -0.25) is 0 Å². The first kappa shape index (κ1) is 17.7. The Balaban J connectivity index is 3.30. The number of aliphatic hydroxyl groups is 1. The zero-order valence-electron chi connectivity index (χ0n) is 12.5. The Morgan fingerprint density at radius 3 is 2.38 bits per heavy atom. The predicted molar refractivity (Wildman–Crippen MR) is 77.9 cm³/mol. The van der Waals surface area contributed by atoms with Crippen molar-refractivity contribution in [2.75, 3.05) is 19.7 Å². The minimum Gasteiger partial charge on any atom is -0.477 e. The lowest BCUT2D eigenvalue weighted by Crippen LogP contribution is -2.34. The third-order valence-corrected chi connectivity index (χ3v) is 4.92. The second-order valence-electron chi connectivity index (χ2n) is 4.99. The highest BCUT2D eigenvalue weighted by molar-refractivity contribution is 7.89. The lowest BCUT2D eigenvalue weighted by atomic mass is 10.3. The maximum absolute atomic E-state index is 12.5.